The molecule has 3 aliphatic rings. The number of fused-ring (bicyclic) bond motifs is 1. The molecule has 3 fully saturated rings. The predicted octanol–water partition coefficient (Wildman–Crippen LogP) is -0.200. The van der Waals surface area contributed by atoms with Gasteiger partial charge in [0.15, 0.2) is 0 Å². The monoisotopic (exact) mass is 477 g/mol. The number of hydrogen-bond donors (Lipinski definition) is 5. The molecule has 0 aliphatic carbocycles. The zero-order valence-corrected chi connectivity index (χ0v) is 18.6. The van der Waals surface area contributed by atoms with E-state index in [4.69, 9.17) is 0 Å². The van der Waals surface area contributed by atoms with Crippen molar-refractivity contribution in [3.05, 3.63) is 29.8 Å². The minimum Gasteiger partial charge on any atom is -0.508 e. The maximum Gasteiger partial charge on any atom is 0.327 e. The molecule has 3 aliphatic heterocycles. The zero-order chi connectivity index (χ0) is 24.1. The highest BCUT2D eigenvalue weighted by Crippen LogP contribution is 2.50. The summed E-state index contributed by atoms with van der Waals surface area (Å²) in [6, 6.07) is 1.01. The van der Waals surface area contributed by atoms with Gasteiger partial charge >= 0.3 is 18.0 Å². The smallest absolute Gasteiger partial charge is 0.327 e. The maximum atomic E-state index is 13.2. The van der Waals surface area contributed by atoms with E-state index < -0.39 is 58.1 Å². The van der Waals surface area contributed by atoms with Crippen molar-refractivity contribution in [2.45, 2.75) is 42.1 Å². The van der Waals surface area contributed by atoms with Crippen LogP contribution in [0.3, 0.4) is 0 Å². The average Bonchev–Trinajstić information content (AvgIpc) is 3.29. The van der Waals surface area contributed by atoms with Crippen molar-refractivity contribution in [1.29, 1.82) is 0 Å². The van der Waals surface area contributed by atoms with Gasteiger partial charge in [0.05, 0.1) is 0 Å². The molecule has 0 aromatic heterocycles. The number of carbonyl (C=O) groups excluding carboxylic acids is 4. The fraction of sp³-hybridized carbons (Fsp3) is 0.450. The number of β-lactam (4-membered cyclic amide) rings is 1. The number of thioether (sulfide) groups is 1. The van der Waals surface area contributed by atoms with E-state index in [1.807, 2.05) is 0 Å². The van der Waals surface area contributed by atoms with Gasteiger partial charge in [-0.1, -0.05) is 18.2 Å². The first kappa shape index (κ1) is 22.7. The van der Waals surface area contributed by atoms with E-state index in [0.717, 1.165) is 4.90 Å². The Morgan fingerprint density at radius 1 is 1.24 bits per heavy atom. The minimum absolute atomic E-state index is 0.0781. The van der Waals surface area contributed by atoms with Crippen LogP contribution in [-0.2, 0) is 14.4 Å². The molecular formula is C20H23N5O7S. The Morgan fingerprint density at radius 3 is 2.55 bits per heavy atom. The molecule has 6 amide bonds. The molecule has 4 rings (SSSR count). The lowest BCUT2D eigenvalue weighted by Crippen LogP contribution is -2.71. The lowest BCUT2D eigenvalue weighted by molar-refractivity contribution is -0.161. The summed E-state index contributed by atoms with van der Waals surface area (Å²) in [6.45, 7) is 3.81. The number of benzene rings is 1. The van der Waals surface area contributed by atoms with Crippen LogP contribution in [0, 0.1) is 0 Å². The van der Waals surface area contributed by atoms with Gasteiger partial charge in [-0.05, 0) is 19.9 Å². The fourth-order valence-electron chi connectivity index (χ4n) is 4.26. The van der Waals surface area contributed by atoms with E-state index in [2.05, 4.69) is 16.0 Å². The van der Waals surface area contributed by atoms with Crippen LogP contribution in [0.4, 0.5) is 9.59 Å². The summed E-state index contributed by atoms with van der Waals surface area (Å²) in [4.78, 5) is 64.2. The maximum absolute atomic E-state index is 13.2. The first-order chi connectivity index (χ1) is 15.5. The number of carboxylic acids is 1. The number of aromatic hydroxyl groups is 1. The Labute approximate surface area is 192 Å². The second-order valence-corrected chi connectivity index (χ2v) is 10.2. The molecule has 4 atom stereocenters. The molecule has 0 unspecified atom stereocenters. The van der Waals surface area contributed by atoms with Crippen LogP contribution in [-0.4, -0.2) is 85.2 Å². The number of carboxylic acid groups (broad SMARTS) is 1. The summed E-state index contributed by atoms with van der Waals surface area (Å²) >= 11 is 1.26. The van der Waals surface area contributed by atoms with Gasteiger partial charge in [-0.25, -0.2) is 19.3 Å². The molecule has 0 radical (unpaired) electrons. The summed E-state index contributed by atoms with van der Waals surface area (Å²) in [5.41, 5.74) is 0.0781. The topological polar surface area (TPSA) is 168 Å². The van der Waals surface area contributed by atoms with Gasteiger partial charge in [0.1, 0.15) is 29.2 Å². The largest absolute Gasteiger partial charge is 0.508 e. The number of aliphatic carboxylic acids is 1. The number of carbonyl (C=O) groups is 5. The first-order valence-electron chi connectivity index (χ1n) is 10.2. The Hall–Kier alpha value is -3.48. The quantitative estimate of drug-likeness (QED) is 0.363. The third-order valence-corrected chi connectivity index (χ3v) is 7.42. The Morgan fingerprint density at radius 2 is 1.94 bits per heavy atom. The molecular weight excluding hydrogens is 454 g/mol. The Bertz CT molecular complexity index is 1050. The molecule has 1 aromatic carbocycles. The molecule has 176 valence electrons. The van der Waals surface area contributed by atoms with Crippen LogP contribution >= 0.6 is 11.8 Å². The van der Waals surface area contributed by atoms with Crippen molar-refractivity contribution >= 4 is 41.6 Å². The normalized spacial score (nSPS) is 26.2. The van der Waals surface area contributed by atoms with Crippen LogP contribution in [0.15, 0.2) is 24.3 Å². The van der Waals surface area contributed by atoms with Crippen molar-refractivity contribution < 1.29 is 34.2 Å². The van der Waals surface area contributed by atoms with Crippen LogP contribution in [0.2, 0.25) is 0 Å². The van der Waals surface area contributed by atoms with E-state index in [1.54, 1.807) is 26.0 Å². The number of phenols is 1. The molecule has 3 heterocycles. The van der Waals surface area contributed by atoms with Crippen molar-refractivity contribution in [2.75, 3.05) is 13.1 Å². The lowest BCUT2D eigenvalue weighted by atomic mass is 9.95. The van der Waals surface area contributed by atoms with E-state index >= 15 is 0 Å². The molecule has 13 heteroatoms. The highest BCUT2D eigenvalue weighted by molar-refractivity contribution is 8.01. The van der Waals surface area contributed by atoms with Gasteiger partial charge in [-0.3, -0.25) is 9.59 Å². The lowest BCUT2D eigenvalue weighted by Gasteiger charge is -2.44. The van der Waals surface area contributed by atoms with Gasteiger partial charge in [-0.2, -0.15) is 0 Å². The number of amides is 6. The summed E-state index contributed by atoms with van der Waals surface area (Å²) in [5, 5.41) is 26.7. The second-order valence-electron chi connectivity index (χ2n) is 8.41. The SMILES string of the molecule is CC1(C)S[C@@H]2[C@H](NC(=O)[C@H](NC(=O)N3CCNC3=O)c3ccccc3O)C(=O)N2[C@H]1C(=O)O. The van der Waals surface area contributed by atoms with Gasteiger partial charge < -0.3 is 31.1 Å². The van der Waals surface area contributed by atoms with Crippen molar-refractivity contribution in [3.63, 3.8) is 0 Å². The zero-order valence-electron chi connectivity index (χ0n) is 17.8. The molecule has 0 bridgehead atoms. The Balaban J connectivity index is 1.55. The average molecular weight is 477 g/mol. The van der Waals surface area contributed by atoms with E-state index in [-0.39, 0.29) is 24.4 Å². The molecule has 0 saturated carbocycles. The van der Waals surface area contributed by atoms with Gasteiger partial charge in [0.2, 0.25) is 11.8 Å². The standard InChI is InChI=1S/C20H23N5O7S/c1-20(2)13(17(29)30)25-15(28)12(16(25)33-20)22-14(27)11(9-5-3-4-6-10(9)26)23-19(32)24-8-7-21-18(24)31/h3-6,11-13,16,26H,7-8H2,1-2H3,(H,21,31)(H,22,27)(H,23,32)(H,29,30)/t11-,12-,13+,16-/m1/s1. The number of nitrogens with one attached hydrogen (secondary N) is 3. The summed E-state index contributed by atoms with van der Waals surface area (Å²) in [7, 11) is 0. The van der Waals surface area contributed by atoms with Crippen LogP contribution < -0.4 is 16.0 Å². The number of nitrogens with zero attached hydrogens (tertiary/aromatic N) is 2. The van der Waals surface area contributed by atoms with E-state index in [0.29, 0.717) is 0 Å². The van der Waals surface area contributed by atoms with Crippen LogP contribution in [0.5, 0.6) is 5.75 Å². The first-order valence-corrected chi connectivity index (χ1v) is 11.1. The molecule has 3 saturated heterocycles. The van der Waals surface area contributed by atoms with E-state index in [9.17, 15) is 34.2 Å². The number of rotatable bonds is 5. The molecule has 33 heavy (non-hydrogen) atoms. The fourth-order valence-corrected chi connectivity index (χ4v) is 5.89. The number of phenolic OH excluding ortho intramolecular Hbond substituents is 1. The van der Waals surface area contributed by atoms with Crippen LogP contribution in [0.25, 0.3) is 0 Å². The number of para-hydroxylation sites is 1. The number of imide groups is 1. The summed E-state index contributed by atoms with van der Waals surface area (Å²) in [6.07, 6.45) is 0. The van der Waals surface area contributed by atoms with E-state index in [1.165, 1.54) is 28.8 Å². The van der Waals surface area contributed by atoms with Crippen molar-refractivity contribution in [3.8, 4) is 5.75 Å². The summed E-state index contributed by atoms with van der Waals surface area (Å²) < 4.78 is -0.764. The minimum atomic E-state index is -1.40. The number of urea groups is 2. The number of hydrogen-bond acceptors (Lipinski definition) is 7. The van der Waals surface area contributed by atoms with Gasteiger partial charge in [0, 0.05) is 23.4 Å². The molecule has 0 spiro atoms. The molecule has 1 aromatic rings. The van der Waals surface area contributed by atoms with Gasteiger partial charge in [0.25, 0.3) is 0 Å². The highest BCUT2D eigenvalue weighted by Gasteiger charge is 2.64. The second kappa shape index (κ2) is 8.14. The summed E-state index contributed by atoms with van der Waals surface area (Å²) in [5.74, 6) is -2.70. The highest BCUT2D eigenvalue weighted by atomic mass is 32.2. The molecule has 5 N–H and O–H groups in total. The van der Waals surface area contributed by atoms with Crippen molar-refractivity contribution in [1.82, 2.24) is 25.8 Å². The third kappa shape index (κ3) is 3.81. The van der Waals surface area contributed by atoms with Gasteiger partial charge in [-0.15, -0.1) is 11.8 Å². The van der Waals surface area contributed by atoms with Crippen LogP contribution in [0.1, 0.15) is 25.5 Å². The predicted molar refractivity (Wildman–Crippen MR) is 115 cm³/mol. The Kier molecular flexibility index (Phi) is 5.60. The third-order valence-electron chi connectivity index (χ3n) is 5.85. The van der Waals surface area contributed by atoms with Crippen molar-refractivity contribution in [2.24, 2.45) is 0 Å². The molecule has 12 nitrogen and oxygen atoms in total.